The van der Waals surface area contributed by atoms with Gasteiger partial charge in [0.05, 0.1) is 0 Å². The minimum absolute atomic E-state index is 0.769. The molecule has 2 nitrogen and oxygen atoms in total. The van der Waals surface area contributed by atoms with Gasteiger partial charge in [0.1, 0.15) is 0 Å². The van der Waals surface area contributed by atoms with E-state index in [9.17, 15) is 0 Å². The Labute approximate surface area is 125 Å². The Balaban J connectivity index is 1.32. The SMILES string of the molecule is C1CCC(NCCN2CCC3(CCCCC3)CC2)CC1. The number of rotatable bonds is 4. The summed E-state index contributed by atoms with van der Waals surface area (Å²) in [5.74, 6) is 0. The highest BCUT2D eigenvalue weighted by Crippen LogP contribution is 2.44. The Morgan fingerprint density at radius 1 is 0.800 bits per heavy atom. The lowest BCUT2D eigenvalue weighted by Crippen LogP contribution is -2.44. The summed E-state index contributed by atoms with van der Waals surface area (Å²) in [6.07, 6.45) is 17.7. The first-order valence-electron chi connectivity index (χ1n) is 9.32. The van der Waals surface area contributed by atoms with Crippen molar-refractivity contribution in [2.24, 2.45) is 5.41 Å². The molecule has 2 aliphatic carbocycles. The number of hydrogen-bond donors (Lipinski definition) is 1. The number of piperidine rings is 1. The second kappa shape index (κ2) is 7.26. The molecule has 0 aromatic heterocycles. The molecule has 0 radical (unpaired) electrons. The summed E-state index contributed by atoms with van der Waals surface area (Å²) in [6.45, 7) is 5.24. The predicted molar refractivity (Wildman–Crippen MR) is 86.1 cm³/mol. The summed E-state index contributed by atoms with van der Waals surface area (Å²) < 4.78 is 0. The fraction of sp³-hybridized carbons (Fsp3) is 1.00. The van der Waals surface area contributed by atoms with Crippen LogP contribution in [-0.2, 0) is 0 Å². The molecule has 1 N–H and O–H groups in total. The molecule has 3 aliphatic rings. The van der Waals surface area contributed by atoms with Crippen LogP contribution in [0.1, 0.15) is 77.0 Å². The molecule has 2 heteroatoms. The summed E-state index contributed by atoms with van der Waals surface area (Å²) in [6, 6.07) is 0.832. The first-order chi connectivity index (χ1) is 9.86. The van der Waals surface area contributed by atoms with Crippen LogP contribution in [0.2, 0.25) is 0 Å². The van der Waals surface area contributed by atoms with Crippen LogP contribution in [0.4, 0.5) is 0 Å². The van der Waals surface area contributed by atoms with Crippen LogP contribution in [0, 0.1) is 5.41 Å². The standard InChI is InChI=1S/C18H34N2/c1-3-7-17(8-4-1)19-13-16-20-14-11-18(12-15-20)9-5-2-6-10-18/h17,19H,1-16H2. The predicted octanol–water partition coefficient (Wildman–Crippen LogP) is 3.96. The second-order valence-electron chi connectivity index (χ2n) is 7.69. The highest BCUT2D eigenvalue weighted by Gasteiger charge is 2.35. The zero-order chi connectivity index (χ0) is 13.7. The normalized spacial score (nSPS) is 28.8. The van der Waals surface area contributed by atoms with Crippen LogP contribution < -0.4 is 5.32 Å². The first-order valence-corrected chi connectivity index (χ1v) is 9.32. The van der Waals surface area contributed by atoms with Crippen LogP contribution in [-0.4, -0.2) is 37.1 Å². The second-order valence-corrected chi connectivity index (χ2v) is 7.69. The van der Waals surface area contributed by atoms with Crippen molar-refractivity contribution < 1.29 is 0 Å². The van der Waals surface area contributed by atoms with Gasteiger partial charge in [0.2, 0.25) is 0 Å². The van der Waals surface area contributed by atoms with Gasteiger partial charge in [-0.25, -0.2) is 0 Å². The molecule has 1 aliphatic heterocycles. The molecule has 0 amide bonds. The van der Waals surface area contributed by atoms with E-state index in [1.165, 1.54) is 103 Å². The smallest absolute Gasteiger partial charge is 0.0107 e. The Bertz CT molecular complexity index is 267. The van der Waals surface area contributed by atoms with Gasteiger partial charge in [-0.05, 0) is 57.0 Å². The molecule has 2 saturated carbocycles. The largest absolute Gasteiger partial charge is 0.313 e. The summed E-state index contributed by atoms with van der Waals surface area (Å²) in [7, 11) is 0. The average Bonchev–Trinajstić information content (AvgIpc) is 2.52. The van der Waals surface area contributed by atoms with E-state index in [-0.39, 0.29) is 0 Å². The molecule has 0 bridgehead atoms. The van der Waals surface area contributed by atoms with E-state index in [0.29, 0.717) is 0 Å². The summed E-state index contributed by atoms with van der Waals surface area (Å²) >= 11 is 0. The fourth-order valence-electron chi connectivity index (χ4n) is 4.79. The molecule has 1 spiro atoms. The number of likely N-dealkylation sites (tertiary alicyclic amines) is 1. The number of hydrogen-bond acceptors (Lipinski definition) is 2. The zero-order valence-electron chi connectivity index (χ0n) is 13.3. The molecule has 0 aromatic carbocycles. The van der Waals surface area contributed by atoms with Crippen LogP contribution in [0.25, 0.3) is 0 Å². The van der Waals surface area contributed by atoms with Crippen molar-refractivity contribution in [2.45, 2.75) is 83.1 Å². The van der Waals surface area contributed by atoms with Gasteiger partial charge in [0, 0.05) is 19.1 Å². The maximum atomic E-state index is 3.80. The van der Waals surface area contributed by atoms with E-state index in [2.05, 4.69) is 10.2 Å². The molecule has 20 heavy (non-hydrogen) atoms. The van der Waals surface area contributed by atoms with Gasteiger partial charge in [0.15, 0.2) is 0 Å². The van der Waals surface area contributed by atoms with Crippen molar-refractivity contribution >= 4 is 0 Å². The molecule has 3 fully saturated rings. The van der Waals surface area contributed by atoms with Gasteiger partial charge in [-0.3, -0.25) is 0 Å². The third kappa shape index (κ3) is 3.98. The van der Waals surface area contributed by atoms with Crippen molar-refractivity contribution in [1.29, 1.82) is 0 Å². The lowest BCUT2D eigenvalue weighted by Gasteiger charge is -2.44. The minimum atomic E-state index is 0.769. The highest BCUT2D eigenvalue weighted by molar-refractivity contribution is 4.88. The Morgan fingerprint density at radius 2 is 1.45 bits per heavy atom. The fourth-order valence-corrected chi connectivity index (χ4v) is 4.79. The van der Waals surface area contributed by atoms with E-state index in [0.717, 1.165) is 11.5 Å². The summed E-state index contributed by atoms with van der Waals surface area (Å²) in [5, 5.41) is 3.80. The van der Waals surface area contributed by atoms with Crippen molar-refractivity contribution in [3.8, 4) is 0 Å². The number of nitrogens with zero attached hydrogens (tertiary/aromatic N) is 1. The monoisotopic (exact) mass is 278 g/mol. The molecule has 0 unspecified atom stereocenters. The van der Waals surface area contributed by atoms with Crippen LogP contribution in [0.5, 0.6) is 0 Å². The van der Waals surface area contributed by atoms with Crippen LogP contribution >= 0.6 is 0 Å². The molecule has 1 saturated heterocycles. The molecule has 3 rings (SSSR count). The Kier molecular flexibility index (Phi) is 5.39. The number of nitrogens with one attached hydrogen (secondary N) is 1. The molecule has 0 atom stereocenters. The van der Waals surface area contributed by atoms with Crippen molar-refractivity contribution in [2.75, 3.05) is 26.2 Å². The van der Waals surface area contributed by atoms with E-state index in [4.69, 9.17) is 0 Å². The maximum Gasteiger partial charge on any atom is 0.0107 e. The van der Waals surface area contributed by atoms with E-state index in [1.807, 2.05) is 0 Å². The Morgan fingerprint density at radius 3 is 2.15 bits per heavy atom. The first kappa shape index (κ1) is 14.8. The van der Waals surface area contributed by atoms with E-state index < -0.39 is 0 Å². The van der Waals surface area contributed by atoms with Crippen molar-refractivity contribution in [1.82, 2.24) is 10.2 Å². The average molecular weight is 278 g/mol. The van der Waals surface area contributed by atoms with Gasteiger partial charge in [-0.2, -0.15) is 0 Å². The molecule has 116 valence electrons. The summed E-state index contributed by atoms with van der Waals surface area (Å²) in [5.41, 5.74) is 0.769. The van der Waals surface area contributed by atoms with Gasteiger partial charge in [-0.15, -0.1) is 0 Å². The highest BCUT2D eigenvalue weighted by atomic mass is 15.1. The van der Waals surface area contributed by atoms with Crippen molar-refractivity contribution in [3.05, 3.63) is 0 Å². The zero-order valence-corrected chi connectivity index (χ0v) is 13.3. The molecular formula is C18H34N2. The van der Waals surface area contributed by atoms with Gasteiger partial charge < -0.3 is 10.2 Å². The quantitative estimate of drug-likeness (QED) is 0.837. The maximum absolute atomic E-state index is 3.80. The third-order valence-corrected chi connectivity index (χ3v) is 6.30. The van der Waals surface area contributed by atoms with Gasteiger partial charge >= 0.3 is 0 Å². The lowest BCUT2D eigenvalue weighted by molar-refractivity contribution is 0.0678. The van der Waals surface area contributed by atoms with E-state index >= 15 is 0 Å². The topological polar surface area (TPSA) is 15.3 Å². The van der Waals surface area contributed by atoms with Crippen molar-refractivity contribution in [3.63, 3.8) is 0 Å². The van der Waals surface area contributed by atoms with Gasteiger partial charge in [-0.1, -0.05) is 38.5 Å². The molecular weight excluding hydrogens is 244 g/mol. The Hall–Kier alpha value is -0.0800. The minimum Gasteiger partial charge on any atom is -0.313 e. The third-order valence-electron chi connectivity index (χ3n) is 6.30. The molecule has 0 aromatic rings. The summed E-state index contributed by atoms with van der Waals surface area (Å²) in [4.78, 5) is 2.72. The van der Waals surface area contributed by atoms with Gasteiger partial charge in [0.25, 0.3) is 0 Å². The van der Waals surface area contributed by atoms with Crippen LogP contribution in [0.3, 0.4) is 0 Å². The van der Waals surface area contributed by atoms with Crippen LogP contribution in [0.15, 0.2) is 0 Å². The van der Waals surface area contributed by atoms with E-state index in [1.54, 1.807) is 0 Å². The molecule has 1 heterocycles. The lowest BCUT2D eigenvalue weighted by atomic mass is 9.68.